The quantitative estimate of drug-likeness (QED) is 0.829. The van der Waals surface area contributed by atoms with Gasteiger partial charge in [-0.05, 0) is 24.6 Å². The first-order valence-electron chi connectivity index (χ1n) is 5.56. The van der Waals surface area contributed by atoms with Crippen LogP contribution in [0.5, 0.6) is 0 Å². The van der Waals surface area contributed by atoms with Gasteiger partial charge in [-0.3, -0.25) is 0 Å². The third kappa shape index (κ3) is 3.62. The van der Waals surface area contributed by atoms with Crippen molar-refractivity contribution in [1.82, 2.24) is 0 Å². The standard InChI is InChI=1S/C12H13ClN2O2S2/c1-17-12(16)11-8(14)6-10(19-11)15-5-4-7-2-3-9(13)18-7/h2-3,6,15H,4-5,14H2,1H3. The van der Waals surface area contributed by atoms with Crippen LogP contribution in [-0.4, -0.2) is 19.6 Å². The molecule has 0 aliphatic rings. The molecule has 0 saturated heterocycles. The zero-order valence-electron chi connectivity index (χ0n) is 10.2. The predicted molar refractivity (Wildman–Crippen MR) is 81.6 cm³/mol. The Labute approximate surface area is 124 Å². The normalized spacial score (nSPS) is 10.4. The minimum absolute atomic E-state index is 0.402. The van der Waals surface area contributed by atoms with E-state index in [1.807, 2.05) is 12.1 Å². The highest BCUT2D eigenvalue weighted by atomic mass is 35.5. The molecular weight excluding hydrogens is 304 g/mol. The predicted octanol–water partition coefficient (Wildman–Crippen LogP) is 3.49. The second-order valence-corrected chi connectivity index (χ2v) is 6.62. The minimum Gasteiger partial charge on any atom is -0.465 e. The number of halogens is 1. The van der Waals surface area contributed by atoms with E-state index in [-0.39, 0.29) is 0 Å². The van der Waals surface area contributed by atoms with E-state index in [1.165, 1.54) is 23.3 Å². The molecule has 2 heterocycles. The van der Waals surface area contributed by atoms with Gasteiger partial charge in [-0.1, -0.05) is 11.6 Å². The number of nitrogens with two attached hydrogens (primary N) is 1. The lowest BCUT2D eigenvalue weighted by molar-refractivity contribution is 0.0607. The lowest BCUT2D eigenvalue weighted by Crippen LogP contribution is -2.02. The summed E-state index contributed by atoms with van der Waals surface area (Å²) in [5, 5.41) is 4.10. The van der Waals surface area contributed by atoms with E-state index in [4.69, 9.17) is 17.3 Å². The van der Waals surface area contributed by atoms with Crippen molar-refractivity contribution < 1.29 is 9.53 Å². The number of ether oxygens (including phenoxy) is 1. The fourth-order valence-corrected chi connectivity index (χ4v) is 3.55. The van der Waals surface area contributed by atoms with Gasteiger partial charge in [0.15, 0.2) is 0 Å². The van der Waals surface area contributed by atoms with Gasteiger partial charge in [0.2, 0.25) is 0 Å². The fraction of sp³-hybridized carbons (Fsp3) is 0.250. The number of carbonyl (C=O) groups is 1. The van der Waals surface area contributed by atoms with Crippen LogP contribution in [0.1, 0.15) is 14.5 Å². The Kier molecular flexibility index (Phi) is 4.68. The Morgan fingerprint density at radius 3 is 2.89 bits per heavy atom. The number of nitrogens with one attached hydrogen (secondary N) is 1. The molecule has 3 N–H and O–H groups in total. The molecule has 7 heteroatoms. The molecule has 0 atom stereocenters. The molecule has 4 nitrogen and oxygen atoms in total. The summed E-state index contributed by atoms with van der Waals surface area (Å²) < 4.78 is 5.45. The van der Waals surface area contributed by atoms with Crippen LogP contribution < -0.4 is 11.1 Å². The van der Waals surface area contributed by atoms with Crippen LogP contribution in [0.4, 0.5) is 10.7 Å². The van der Waals surface area contributed by atoms with E-state index in [0.29, 0.717) is 10.6 Å². The highest BCUT2D eigenvalue weighted by molar-refractivity contribution is 7.18. The molecule has 0 amide bonds. The number of hydrogen-bond acceptors (Lipinski definition) is 6. The molecule has 0 aromatic carbocycles. The minimum atomic E-state index is -0.402. The van der Waals surface area contributed by atoms with Gasteiger partial charge in [-0.25, -0.2) is 4.79 Å². The maximum absolute atomic E-state index is 11.4. The number of thiophene rings is 2. The third-order valence-corrected chi connectivity index (χ3v) is 4.81. The molecule has 0 unspecified atom stereocenters. The third-order valence-electron chi connectivity index (χ3n) is 2.43. The van der Waals surface area contributed by atoms with Crippen LogP contribution in [0.15, 0.2) is 18.2 Å². The van der Waals surface area contributed by atoms with Gasteiger partial charge in [0.05, 0.1) is 22.1 Å². The van der Waals surface area contributed by atoms with Crippen molar-refractivity contribution in [2.24, 2.45) is 0 Å². The summed E-state index contributed by atoms with van der Waals surface area (Å²) in [4.78, 5) is 13.1. The fourth-order valence-electron chi connectivity index (χ4n) is 1.54. The van der Waals surface area contributed by atoms with Gasteiger partial charge in [0.25, 0.3) is 0 Å². The SMILES string of the molecule is COC(=O)c1sc(NCCc2ccc(Cl)s2)cc1N. The van der Waals surface area contributed by atoms with Crippen LogP contribution >= 0.6 is 34.3 Å². The molecule has 0 spiro atoms. The van der Waals surface area contributed by atoms with E-state index in [0.717, 1.165) is 22.3 Å². The maximum atomic E-state index is 11.4. The zero-order valence-corrected chi connectivity index (χ0v) is 12.6. The Bertz CT molecular complexity index is 580. The van der Waals surface area contributed by atoms with Crippen molar-refractivity contribution in [3.63, 3.8) is 0 Å². The molecule has 0 aliphatic heterocycles. The Hall–Kier alpha value is -1.24. The first-order chi connectivity index (χ1) is 9.10. The van der Waals surface area contributed by atoms with Crippen molar-refractivity contribution in [3.8, 4) is 0 Å². The van der Waals surface area contributed by atoms with E-state index >= 15 is 0 Å². The van der Waals surface area contributed by atoms with Crippen molar-refractivity contribution in [1.29, 1.82) is 0 Å². The number of rotatable bonds is 5. The van der Waals surface area contributed by atoms with Crippen LogP contribution in [0.2, 0.25) is 4.34 Å². The van der Waals surface area contributed by atoms with Crippen LogP contribution in [0.25, 0.3) is 0 Å². The van der Waals surface area contributed by atoms with Gasteiger partial charge < -0.3 is 15.8 Å². The summed E-state index contributed by atoms with van der Waals surface area (Å²) in [5.41, 5.74) is 6.20. The van der Waals surface area contributed by atoms with Crippen molar-refractivity contribution in [2.75, 3.05) is 24.7 Å². The van der Waals surface area contributed by atoms with Gasteiger partial charge in [-0.2, -0.15) is 0 Å². The molecule has 0 aliphatic carbocycles. The van der Waals surface area contributed by atoms with E-state index in [2.05, 4.69) is 10.1 Å². The number of esters is 1. The smallest absolute Gasteiger partial charge is 0.350 e. The van der Waals surface area contributed by atoms with Crippen molar-refractivity contribution in [3.05, 3.63) is 32.3 Å². The Morgan fingerprint density at radius 2 is 2.26 bits per heavy atom. The number of methoxy groups -OCH3 is 1. The van der Waals surface area contributed by atoms with Crippen LogP contribution in [0.3, 0.4) is 0 Å². The lowest BCUT2D eigenvalue weighted by atomic mass is 10.3. The molecule has 2 aromatic heterocycles. The summed E-state index contributed by atoms with van der Waals surface area (Å²) in [6.45, 7) is 0.761. The summed E-state index contributed by atoms with van der Waals surface area (Å²) in [5.74, 6) is -0.402. The molecule has 19 heavy (non-hydrogen) atoms. The van der Waals surface area contributed by atoms with Gasteiger partial charge in [0, 0.05) is 11.4 Å². The molecule has 0 saturated carbocycles. The van der Waals surface area contributed by atoms with Gasteiger partial charge in [0.1, 0.15) is 4.88 Å². The molecule has 102 valence electrons. The second-order valence-electron chi connectivity index (χ2n) is 3.77. The highest BCUT2D eigenvalue weighted by Crippen LogP contribution is 2.30. The summed E-state index contributed by atoms with van der Waals surface area (Å²) in [7, 11) is 1.34. The average molecular weight is 317 g/mol. The summed E-state index contributed by atoms with van der Waals surface area (Å²) in [6.07, 6.45) is 0.878. The maximum Gasteiger partial charge on any atom is 0.350 e. The van der Waals surface area contributed by atoms with E-state index in [1.54, 1.807) is 17.4 Å². The van der Waals surface area contributed by atoms with Gasteiger partial charge >= 0.3 is 5.97 Å². The number of carbonyl (C=O) groups excluding carboxylic acids is 1. The average Bonchev–Trinajstić information content (AvgIpc) is 2.95. The molecule has 0 bridgehead atoms. The topological polar surface area (TPSA) is 64.3 Å². The monoisotopic (exact) mass is 316 g/mol. The number of anilines is 2. The van der Waals surface area contributed by atoms with Crippen LogP contribution in [-0.2, 0) is 11.2 Å². The molecule has 0 radical (unpaired) electrons. The van der Waals surface area contributed by atoms with Gasteiger partial charge in [-0.15, -0.1) is 22.7 Å². The number of hydrogen-bond donors (Lipinski definition) is 2. The highest BCUT2D eigenvalue weighted by Gasteiger charge is 2.14. The summed E-state index contributed by atoms with van der Waals surface area (Å²) >= 11 is 8.73. The molecule has 0 fully saturated rings. The van der Waals surface area contributed by atoms with Crippen molar-refractivity contribution in [2.45, 2.75) is 6.42 Å². The number of nitrogen functional groups attached to an aromatic ring is 1. The van der Waals surface area contributed by atoms with E-state index in [9.17, 15) is 4.79 Å². The van der Waals surface area contributed by atoms with E-state index < -0.39 is 5.97 Å². The second kappa shape index (κ2) is 6.27. The van der Waals surface area contributed by atoms with Crippen LogP contribution in [0, 0.1) is 0 Å². The van der Waals surface area contributed by atoms with Crippen molar-refractivity contribution >= 4 is 50.9 Å². The first kappa shape index (κ1) is 14.2. The summed E-state index contributed by atoms with van der Waals surface area (Å²) in [6, 6.07) is 5.65. The molecular formula is C12H13ClN2O2S2. The lowest BCUT2D eigenvalue weighted by Gasteiger charge is -2.01. The largest absolute Gasteiger partial charge is 0.465 e. The molecule has 2 aromatic rings. The first-order valence-corrected chi connectivity index (χ1v) is 7.57. The Balaban J connectivity index is 1.91. The Morgan fingerprint density at radius 1 is 1.47 bits per heavy atom. The zero-order chi connectivity index (χ0) is 13.8. The molecule has 2 rings (SSSR count).